The zero-order valence-corrected chi connectivity index (χ0v) is 13.2. The number of hydrogen-bond acceptors (Lipinski definition) is 2. The Balaban J connectivity index is 2.14. The van der Waals surface area contributed by atoms with E-state index in [2.05, 4.69) is 0 Å². The maximum atomic E-state index is 13.0. The largest absolute Gasteiger partial charge is 0.392 e. The Morgan fingerprint density at radius 3 is 2.55 bits per heavy atom. The molecule has 1 aromatic carbocycles. The summed E-state index contributed by atoms with van der Waals surface area (Å²) in [6.07, 6.45) is 0.641. The standard InChI is InChI=1S/C16H22ClFO2/c1-15(2)9-12(16(3,4)20-15)14(19)7-10-5-6-11(18)8-13(10)17/h5-6,8,12,14,19H,7,9H2,1-4H3. The van der Waals surface area contributed by atoms with Crippen LogP contribution < -0.4 is 0 Å². The first kappa shape index (κ1) is 15.7. The number of aliphatic hydroxyl groups is 1. The van der Waals surface area contributed by atoms with E-state index >= 15 is 0 Å². The first-order chi connectivity index (χ1) is 9.11. The molecule has 0 saturated carbocycles. The first-order valence-electron chi connectivity index (χ1n) is 6.93. The maximum Gasteiger partial charge on any atom is 0.124 e. The highest BCUT2D eigenvalue weighted by molar-refractivity contribution is 6.31. The van der Waals surface area contributed by atoms with Gasteiger partial charge in [0, 0.05) is 17.4 Å². The molecule has 0 spiro atoms. The summed E-state index contributed by atoms with van der Waals surface area (Å²) < 4.78 is 19.0. The van der Waals surface area contributed by atoms with Crippen LogP contribution in [-0.2, 0) is 11.2 Å². The van der Waals surface area contributed by atoms with Crippen molar-refractivity contribution in [1.29, 1.82) is 0 Å². The highest BCUT2D eigenvalue weighted by Gasteiger charge is 2.48. The van der Waals surface area contributed by atoms with E-state index in [1.54, 1.807) is 6.07 Å². The highest BCUT2D eigenvalue weighted by atomic mass is 35.5. The lowest BCUT2D eigenvalue weighted by atomic mass is 9.81. The summed E-state index contributed by atoms with van der Waals surface area (Å²) in [4.78, 5) is 0. The van der Waals surface area contributed by atoms with Crippen molar-refractivity contribution in [2.45, 2.75) is 57.8 Å². The summed E-state index contributed by atoms with van der Waals surface area (Å²) in [5, 5.41) is 10.9. The van der Waals surface area contributed by atoms with Crippen molar-refractivity contribution in [1.82, 2.24) is 0 Å². The second-order valence-corrected chi connectivity index (χ2v) is 7.19. The molecule has 0 radical (unpaired) electrons. The summed E-state index contributed by atoms with van der Waals surface area (Å²) in [5.74, 6) is -0.336. The molecule has 4 heteroatoms. The molecular weight excluding hydrogens is 279 g/mol. The number of benzene rings is 1. The predicted molar refractivity (Wildman–Crippen MR) is 78.5 cm³/mol. The predicted octanol–water partition coefficient (Wildman–Crippen LogP) is 3.98. The van der Waals surface area contributed by atoms with E-state index in [1.165, 1.54) is 12.1 Å². The average Bonchev–Trinajstić information content (AvgIpc) is 2.50. The molecule has 0 amide bonds. The van der Waals surface area contributed by atoms with E-state index < -0.39 is 6.10 Å². The molecule has 2 atom stereocenters. The van der Waals surface area contributed by atoms with E-state index in [4.69, 9.17) is 16.3 Å². The fourth-order valence-electron chi connectivity index (χ4n) is 3.26. The van der Waals surface area contributed by atoms with Crippen molar-refractivity contribution >= 4 is 11.6 Å². The zero-order chi connectivity index (χ0) is 15.1. The quantitative estimate of drug-likeness (QED) is 0.915. The van der Waals surface area contributed by atoms with Crippen LogP contribution in [0.15, 0.2) is 18.2 Å². The molecule has 2 rings (SSSR count). The molecule has 1 heterocycles. The van der Waals surface area contributed by atoms with Gasteiger partial charge in [0.1, 0.15) is 5.82 Å². The van der Waals surface area contributed by atoms with Gasteiger partial charge in [-0.25, -0.2) is 4.39 Å². The Hall–Kier alpha value is -0.640. The molecule has 0 aliphatic carbocycles. The Morgan fingerprint density at radius 2 is 2.05 bits per heavy atom. The molecule has 1 aliphatic heterocycles. The van der Waals surface area contributed by atoms with Crippen molar-refractivity contribution in [3.63, 3.8) is 0 Å². The minimum absolute atomic E-state index is 0.0265. The molecule has 0 bridgehead atoms. The molecule has 1 fully saturated rings. The van der Waals surface area contributed by atoms with Gasteiger partial charge in [-0.15, -0.1) is 0 Å². The monoisotopic (exact) mass is 300 g/mol. The second kappa shape index (κ2) is 5.28. The topological polar surface area (TPSA) is 29.5 Å². The van der Waals surface area contributed by atoms with E-state index in [1.807, 2.05) is 27.7 Å². The lowest BCUT2D eigenvalue weighted by Crippen LogP contribution is -2.37. The third-order valence-electron chi connectivity index (χ3n) is 4.05. The van der Waals surface area contributed by atoms with Crippen LogP contribution in [0.5, 0.6) is 0 Å². The number of ether oxygens (including phenoxy) is 1. The van der Waals surface area contributed by atoms with Crippen molar-refractivity contribution in [2.75, 3.05) is 0 Å². The van der Waals surface area contributed by atoms with Crippen LogP contribution in [0, 0.1) is 11.7 Å². The highest BCUT2D eigenvalue weighted by Crippen LogP contribution is 2.44. The lowest BCUT2D eigenvalue weighted by molar-refractivity contribution is -0.0873. The van der Waals surface area contributed by atoms with Crippen molar-refractivity contribution in [2.24, 2.45) is 5.92 Å². The van der Waals surface area contributed by atoms with Crippen molar-refractivity contribution < 1.29 is 14.2 Å². The summed E-state index contributed by atoms with van der Waals surface area (Å²) in [6, 6.07) is 4.28. The van der Waals surface area contributed by atoms with Crippen LogP contribution in [0.3, 0.4) is 0 Å². The van der Waals surface area contributed by atoms with E-state index in [0.29, 0.717) is 11.4 Å². The van der Waals surface area contributed by atoms with E-state index in [0.717, 1.165) is 12.0 Å². The van der Waals surface area contributed by atoms with Crippen LogP contribution in [-0.4, -0.2) is 22.4 Å². The molecule has 1 aliphatic rings. The lowest BCUT2D eigenvalue weighted by Gasteiger charge is -2.30. The van der Waals surface area contributed by atoms with Gasteiger partial charge in [-0.1, -0.05) is 17.7 Å². The molecule has 1 saturated heterocycles. The molecular formula is C16H22ClFO2. The smallest absolute Gasteiger partial charge is 0.124 e. The van der Waals surface area contributed by atoms with Gasteiger partial charge in [-0.05, 0) is 51.8 Å². The van der Waals surface area contributed by atoms with Gasteiger partial charge in [0.15, 0.2) is 0 Å². The molecule has 2 nitrogen and oxygen atoms in total. The number of halogens is 2. The summed E-state index contributed by atoms with van der Waals surface area (Å²) in [7, 11) is 0. The number of aliphatic hydroxyl groups excluding tert-OH is 1. The number of rotatable bonds is 3. The Bertz CT molecular complexity index is 499. The van der Waals surface area contributed by atoms with E-state index in [9.17, 15) is 9.50 Å². The fourth-order valence-corrected chi connectivity index (χ4v) is 3.50. The van der Waals surface area contributed by atoms with Crippen molar-refractivity contribution in [3.05, 3.63) is 34.6 Å². The molecule has 1 aromatic rings. The second-order valence-electron chi connectivity index (χ2n) is 6.78. The van der Waals surface area contributed by atoms with Crippen LogP contribution in [0.2, 0.25) is 5.02 Å². The zero-order valence-electron chi connectivity index (χ0n) is 12.4. The van der Waals surface area contributed by atoms with Crippen LogP contribution in [0.25, 0.3) is 0 Å². The SMILES string of the molecule is CC1(C)CC(C(O)Cc2ccc(F)cc2Cl)C(C)(C)O1. The van der Waals surface area contributed by atoms with Crippen molar-refractivity contribution in [3.8, 4) is 0 Å². The van der Waals surface area contributed by atoms with Crippen LogP contribution >= 0.6 is 11.6 Å². The fraction of sp³-hybridized carbons (Fsp3) is 0.625. The Labute approximate surface area is 124 Å². The van der Waals surface area contributed by atoms with Gasteiger partial charge >= 0.3 is 0 Å². The van der Waals surface area contributed by atoms with Gasteiger partial charge < -0.3 is 9.84 Å². The normalized spacial score (nSPS) is 25.6. The third-order valence-corrected chi connectivity index (χ3v) is 4.40. The maximum absolute atomic E-state index is 13.0. The van der Waals surface area contributed by atoms with Crippen LogP contribution in [0.1, 0.15) is 39.7 Å². The Kier molecular flexibility index (Phi) is 4.16. The molecule has 0 aromatic heterocycles. The summed E-state index contributed by atoms with van der Waals surface area (Å²) >= 11 is 6.03. The minimum atomic E-state index is -0.560. The average molecular weight is 301 g/mol. The molecule has 2 unspecified atom stereocenters. The first-order valence-corrected chi connectivity index (χ1v) is 7.31. The minimum Gasteiger partial charge on any atom is -0.392 e. The number of hydrogen-bond donors (Lipinski definition) is 1. The molecule has 112 valence electrons. The van der Waals surface area contributed by atoms with E-state index in [-0.39, 0.29) is 22.9 Å². The van der Waals surface area contributed by atoms with Gasteiger partial charge in [-0.3, -0.25) is 0 Å². The van der Waals surface area contributed by atoms with Gasteiger partial charge in [0.2, 0.25) is 0 Å². The van der Waals surface area contributed by atoms with Gasteiger partial charge in [-0.2, -0.15) is 0 Å². The summed E-state index contributed by atoms with van der Waals surface area (Å²) in [5.41, 5.74) is 0.151. The molecule has 20 heavy (non-hydrogen) atoms. The van der Waals surface area contributed by atoms with Gasteiger partial charge in [0.25, 0.3) is 0 Å². The van der Waals surface area contributed by atoms with Gasteiger partial charge in [0.05, 0.1) is 17.3 Å². The Morgan fingerprint density at radius 1 is 1.40 bits per heavy atom. The third kappa shape index (κ3) is 3.33. The summed E-state index contributed by atoms with van der Waals surface area (Å²) in [6.45, 7) is 8.07. The van der Waals surface area contributed by atoms with Crippen LogP contribution in [0.4, 0.5) is 4.39 Å². The molecule has 1 N–H and O–H groups in total.